The monoisotopic (exact) mass is 191 g/mol. The second-order valence-electron chi connectivity index (χ2n) is 3.39. The van der Waals surface area contributed by atoms with Crippen molar-refractivity contribution in [2.24, 2.45) is 0 Å². The fourth-order valence-electron chi connectivity index (χ4n) is 1.24. The molecule has 0 aliphatic rings. The second kappa shape index (κ2) is 4.05. The summed E-state index contributed by atoms with van der Waals surface area (Å²) < 4.78 is 0. The zero-order chi connectivity index (χ0) is 10.7. The van der Waals surface area contributed by atoms with E-state index in [0.29, 0.717) is 11.1 Å². The van der Waals surface area contributed by atoms with E-state index >= 15 is 0 Å². The SMILES string of the molecule is Cc1cc(C=O)ccc1C(=O)N(C)C. The summed E-state index contributed by atoms with van der Waals surface area (Å²) in [4.78, 5) is 23.6. The van der Waals surface area contributed by atoms with Crippen molar-refractivity contribution in [3.05, 3.63) is 34.9 Å². The maximum atomic E-state index is 11.6. The number of hydrogen-bond donors (Lipinski definition) is 0. The molecule has 0 bridgehead atoms. The number of rotatable bonds is 2. The first-order chi connectivity index (χ1) is 6.56. The van der Waals surface area contributed by atoms with Gasteiger partial charge < -0.3 is 4.90 Å². The van der Waals surface area contributed by atoms with E-state index < -0.39 is 0 Å². The molecule has 0 unspecified atom stereocenters. The third-order valence-electron chi connectivity index (χ3n) is 2.02. The van der Waals surface area contributed by atoms with E-state index in [1.54, 1.807) is 32.3 Å². The molecule has 3 heteroatoms. The number of aldehydes is 1. The zero-order valence-corrected chi connectivity index (χ0v) is 8.57. The lowest BCUT2D eigenvalue weighted by Crippen LogP contribution is -2.22. The lowest BCUT2D eigenvalue weighted by molar-refractivity contribution is 0.0826. The summed E-state index contributed by atoms with van der Waals surface area (Å²) in [6.45, 7) is 1.82. The number of hydrogen-bond acceptors (Lipinski definition) is 2. The van der Waals surface area contributed by atoms with Crippen LogP contribution in [-0.2, 0) is 0 Å². The second-order valence-corrected chi connectivity index (χ2v) is 3.39. The highest BCUT2D eigenvalue weighted by Crippen LogP contribution is 2.11. The molecule has 0 radical (unpaired) electrons. The summed E-state index contributed by atoms with van der Waals surface area (Å²) in [5.74, 6) is -0.0417. The molecule has 0 fully saturated rings. The van der Waals surface area contributed by atoms with Crippen LogP contribution in [-0.4, -0.2) is 31.2 Å². The van der Waals surface area contributed by atoms with Crippen molar-refractivity contribution in [2.75, 3.05) is 14.1 Å². The highest BCUT2D eigenvalue weighted by Gasteiger charge is 2.10. The highest BCUT2D eigenvalue weighted by molar-refractivity contribution is 5.96. The van der Waals surface area contributed by atoms with Crippen LogP contribution in [0.3, 0.4) is 0 Å². The van der Waals surface area contributed by atoms with Gasteiger partial charge in [0.15, 0.2) is 0 Å². The molecule has 0 heterocycles. The van der Waals surface area contributed by atoms with Gasteiger partial charge in [-0.1, -0.05) is 6.07 Å². The molecule has 74 valence electrons. The van der Waals surface area contributed by atoms with E-state index in [9.17, 15) is 9.59 Å². The van der Waals surface area contributed by atoms with Crippen molar-refractivity contribution in [3.8, 4) is 0 Å². The Morgan fingerprint density at radius 3 is 2.43 bits per heavy atom. The van der Waals surface area contributed by atoms with Crippen LogP contribution >= 0.6 is 0 Å². The molecule has 0 spiro atoms. The molecule has 0 N–H and O–H groups in total. The molecule has 14 heavy (non-hydrogen) atoms. The van der Waals surface area contributed by atoms with E-state index in [-0.39, 0.29) is 5.91 Å². The maximum Gasteiger partial charge on any atom is 0.253 e. The predicted molar refractivity (Wildman–Crippen MR) is 54.6 cm³/mol. The first-order valence-corrected chi connectivity index (χ1v) is 4.33. The summed E-state index contributed by atoms with van der Waals surface area (Å²) >= 11 is 0. The topological polar surface area (TPSA) is 37.4 Å². The Labute approximate surface area is 83.3 Å². The molecular weight excluding hydrogens is 178 g/mol. The van der Waals surface area contributed by atoms with Gasteiger partial charge in [0.05, 0.1) is 0 Å². The molecule has 1 amide bonds. The minimum absolute atomic E-state index is 0.0417. The molecule has 0 aromatic heterocycles. The minimum atomic E-state index is -0.0417. The smallest absolute Gasteiger partial charge is 0.253 e. The third kappa shape index (κ3) is 1.99. The Kier molecular flexibility index (Phi) is 3.02. The molecule has 1 rings (SSSR count). The van der Waals surface area contributed by atoms with Gasteiger partial charge in [-0.25, -0.2) is 0 Å². The summed E-state index contributed by atoms with van der Waals surface area (Å²) in [5, 5.41) is 0. The molecule has 0 saturated heterocycles. The summed E-state index contributed by atoms with van der Waals surface area (Å²) in [5.41, 5.74) is 2.06. The van der Waals surface area contributed by atoms with Crippen molar-refractivity contribution < 1.29 is 9.59 Å². The minimum Gasteiger partial charge on any atom is -0.345 e. The molecule has 1 aromatic rings. The molecule has 0 aliphatic carbocycles. The molecular formula is C11H13NO2. The first kappa shape index (κ1) is 10.4. The summed E-state index contributed by atoms with van der Waals surface area (Å²) in [6, 6.07) is 5.04. The van der Waals surface area contributed by atoms with Crippen LogP contribution in [0.5, 0.6) is 0 Å². The Morgan fingerprint density at radius 1 is 1.36 bits per heavy atom. The van der Waals surface area contributed by atoms with Crippen molar-refractivity contribution in [2.45, 2.75) is 6.92 Å². The van der Waals surface area contributed by atoms with Gasteiger partial charge in [0.2, 0.25) is 0 Å². The van der Waals surface area contributed by atoms with Crippen molar-refractivity contribution >= 4 is 12.2 Å². The lowest BCUT2D eigenvalue weighted by atomic mass is 10.0. The van der Waals surface area contributed by atoms with Gasteiger partial charge >= 0.3 is 0 Å². The van der Waals surface area contributed by atoms with E-state index in [1.165, 1.54) is 4.90 Å². The van der Waals surface area contributed by atoms with Crippen molar-refractivity contribution in [1.82, 2.24) is 4.90 Å². The summed E-state index contributed by atoms with van der Waals surface area (Å²) in [7, 11) is 3.41. The maximum absolute atomic E-state index is 11.6. The number of aryl methyl sites for hydroxylation is 1. The van der Waals surface area contributed by atoms with E-state index in [0.717, 1.165) is 11.8 Å². The van der Waals surface area contributed by atoms with Gasteiger partial charge in [-0.2, -0.15) is 0 Å². The number of amides is 1. The first-order valence-electron chi connectivity index (χ1n) is 4.33. The van der Waals surface area contributed by atoms with E-state index in [4.69, 9.17) is 0 Å². The van der Waals surface area contributed by atoms with E-state index in [1.807, 2.05) is 6.92 Å². The number of carbonyl (C=O) groups excluding carboxylic acids is 2. The van der Waals surface area contributed by atoms with Crippen LogP contribution in [0, 0.1) is 6.92 Å². The highest BCUT2D eigenvalue weighted by atomic mass is 16.2. The van der Waals surface area contributed by atoms with E-state index in [2.05, 4.69) is 0 Å². The van der Waals surface area contributed by atoms with Crippen LogP contribution in [0.1, 0.15) is 26.3 Å². The molecule has 3 nitrogen and oxygen atoms in total. The predicted octanol–water partition coefficient (Wildman–Crippen LogP) is 1.51. The number of nitrogens with zero attached hydrogens (tertiary/aromatic N) is 1. The van der Waals surface area contributed by atoms with Gasteiger partial charge in [0, 0.05) is 25.2 Å². The lowest BCUT2D eigenvalue weighted by Gasteiger charge is -2.12. The Bertz CT molecular complexity index is 370. The fourth-order valence-corrected chi connectivity index (χ4v) is 1.24. The molecule has 0 aliphatic heterocycles. The Balaban J connectivity index is 3.12. The third-order valence-corrected chi connectivity index (χ3v) is 2.02. The quantitative estimate of drug-likeness (QED) is 0.664. The molecule has 1 aromatic carbocycles. The van der Waals surface area contributed by atoms with Crippen LogP contribution in [0.25, 0.3) is 0 Å². The average molecular weight is 191 g/mol. The molecule has 0 saturated carbocycles. The Morgan fingerprint density at radius 2 is 2.00 bits per heavy atom. The van der Waals surface area contributed by atoms with Gasteiger partial charge in [-0.3, -0.25) is 9.59 Å². The Hall–Kier alpha value is -1.64. The van der Waals surface area contributed by atoms with Gasteiger partial charge in [0.25, 0.3) is 5.91 Å². The van der Waals surface area contributed by atoms with Gasteiger partial charge in [-0.05, 0) is 24.6 Å². The van der Waals surface area contributed by atoms with Gasteiger partial charge in [-0.15, -0.1) is 0 Å². The standard InChI is InChI=1S/C11H13NO2/c1-8-6-9(7-13)4-5-10(8)11(14)12(2)3/h4-7H,1-3H3. The van der Waals surface area contributed by atoms with Crippen LogP contribution in [0.15, 0.2) is 18.2 Å². The van der Waals surface area contributed by atoms with Crippen molar-refractivity contribution in [3.63, 3.8) is 0 Å². The van der Waals surface area contributed by atoms with Crippen LogP contribution in [0.4, 0.5) is 0 Å². The van der Waals surface area contributed by atoms with Gasteiger partial charge in [0.1, 0.15) is 6.29 Å². The number of carbonyl (C=O) groups is 2. The van der Waals surface area contributed by atoms with Crippen molar-refractivity contribution in [1.29, 1.82) is 0 Å². The summed E-state index contributed by atoms with van der Waals surface area (Å²) in [6.07, 6.45) is 0.775. The fraction of sp³-hybridized carbons (Fsp3) is 0.273. The zero-order valence-electron chi connectivity index (χ0n) is 8.57. The number of benzene rings is 1. The van der Waals surface area contributed by atoms with Crippen LogP contribution < -0.4 is 0 Å². The molecule has 0 atom stereocenters. The largest absolute Gasteiger partial charge is 0.345 e. The average Bonchev–Trinajstić information content (AvgIpc) is 2.16. The normalized spacial score (nSPS) is 9.64. The van der Waals surface area contributed by atoms with Crippen LogP contribution in [0.2, 0.25) is 0 Å².